The van der Waals surface area contributed by atoms with Gasteiger partial charge in [0.05, 0.1) is 29.6 Å². The van der Waals surface area contributed by atoms with E-state index >= 15 is 0 Å². The molecule has 2 aliphatic rings. The van der Waals surface area contributed by atoms with Crippen molar-refractivity contribution in [3.8, 4) is 0 Å². The molecule has 2 amide bonds. The summed E-state index contributed by atoms with van der Waals surface area (Å²) in [6.45, 7) is 2.54. The van der Waals surface area contributed by atoms with Crippen LogP contribution in [0.5, 0.6) is 0 Å². The minimum atomic E-state index is -4.53. The van der Waals surface area contributed by atoms with Crippen LogP contribution in [0, 0.1) is 0 Å². The molecule has 2 aliphatic heterocycles. The Hall–Kier alpha value is -1.83. The zero-order chi connectivity index (χ0) is 22.6. The zero-order valence-corrected chi connectivity index (χ0v) is 18.1. The summed E-state index contributed by atoms with van der Waals surface area (Å²) < 4.78 is 69.3. The summed E-state index contributed by atoms with van der Waals surface area (Å²) in [4.78, 5) is 19.4. The molecule has 0 unspecified atom stereocenters. The maximum atomic E-state index is 12.8. The summed E-state index contributed by atoms with van der Waals surface area (Å²) in [5.41, 5.74) is -0.925. The summed E-state index contributed by atoms with van der Waals surface area (Å²) in [5.74, 6) is 0.0235. The van der Waals surface area contributed by atoms with Gasteiger partial charge in [-0.1, -0.05) is 11.6 Å². The first kappa shape index (κ1) is 23.8. The van der Waals surface area contributed by atoms with Gasteiger partial charge in [-0.25, -0.2) is 18.2 Å². The van der Waals surface area contributed by atoms with E-state index in [9.17, 15) is 26.4 Å². The predicted octanol–water partition coefficient (Wildman–Crippen LogP) is 1.25. The number of hydrogen-bond acceptors (Lipinski definition) is 6. The second-order valence-electron chi connectivity index (χ2n) is 7.06. The van der Waals surface area contributed by atoms with Crippen molar-refractivity contribution in [3.05, 3.63) is 22.8 Å². The lowest BCUT2D eigenvalue weighted by molar-refractivity contribution is -0.137. The molecule has 14 heteroatoms. The van der Waals surface area contributed by atoms with Crippen molar-refractivity contribution in [1.82, 2.24) is 19.5 Å². The van der Waals surface area contributed by atoms with Crippen LogP contribution in [0.1, 0.15) is 5.56 Å². The van der Waals surface area contributed by atoms with Crippen molar-refractivity contribution >= 4 is 33.5 Å². The average Bonchev–Trinajstić information content (AvgIpc) is 2.73. The number of sulfonamides is 1. The smallest absolute Gasteiger partial charge is 0.379 e. The summed E-state index contributed by atoms with van der Waals surface area (Å²) in [6.07, 6.45) is -3.80. The minimum Gasteiger partial charge on any atom is -0.379 e. The number of amides is 2. The van der Waals surface area contributed by atoms with E-state index in [4.69, 9.17) is 16.3 Å². The monoisotopic (exact) mass is 485 g/mol. The molecule has 0 saturated carbocycles. The fourth-order valence-electron chi connectivity index (χ4n) is 3.29. The van der Waals surface area contributed by atoms with Crippen molar-refractivity contribution in [2.75, 3.05) is 69.7 Å². The average molecular weight is 486 g/mol. The van der Waals surface area contributed by atoms with Crippen LogP contribution in [0.2, 0.25) is 5.02 Å². The molecule has 174 valence electrons. The molecular formula is C17H23ClF3N5O4S. The molecule has 1 aromatic heterocycles. The third-order valence-electron chi connectivity index (χ3n) is 5.02. The number of ether oxygens (including phenoxy) is 1. The lowest BCUT2D eigenvalue weighted by atomic mass is 10.2. The van der Waals surface area contributed by atoms with Gasteiger partial charge in [0.2, 0.25) is 10.0 Å². The Morgan fingerprint density at radius 2 is 1.81 bits per heavy atom. The van der Waals surface area contributed by atoms with Gasteiger partial charge in [0.25, 0.3) is 0 Å². The molecule has 2 saturated heterocycles. The van der Waals surface area contributed by atoms with E-state index in [-0.39, 0.29) is 23.1 Å². The number of pyridine rings is 1. The van der Waals surface area contributed by atoms with Crippen LogP contribution in [0.4, 0.5) is 23.8 Å². The summed E-state index contributed by atoms with van der Waals surface area (Å²) >= 11 is 5.98. The van der Waals surface area contributed by atoms with Crippen molar-refractivity contribution in [3.63, 3.8) is 0 Å². The van der Waals surface area contributed by atoms with Gasteiger partial charge in [0, 0.05) is 52.0 Å². The topological polar surface area (TPSA) is 95.1 Å². The van der Waals surface area contributed by atoms with Crippen molar-refractivity contribution in [2.24, 2.45) is 0 Å². The van der Waals surface area contributed by atoms with E-state index in [1.807, 2.05) is 0 Å². The number of morpholine rings is 1. The highest BCUT2D eigenvalue weighted by Gasteiger charge is 2.32. The minimum absolute atomic E-state index is 0.0228. The zero-order valence-electron chi connectivity index (χ0n) is 16.6. The number of hydrogen-bond donors (Lipinski definition) is 1. The second kappa shape index (κ2) is 9.76. The summed E-state index contributed by atoms with van der Waals surface area (Å²) in [7, 11) is -3.46. The molecular weight excluding hydrogens is 463 g/mol. The van der Waals surface area contributed by atoms with Crippen molar-refractivity contribution < 1.29 is 31.1 Å². The maximum absolute atomic E-state index is 12.8. The van der Waals surface area contributed by atoms with Crippen molar-refractivity contribution in [1.29, 1.82) is 0 Å². The van der Waals surface area contributed by atoms with Crippen molar-refractivity contribution in [2.45, 2.75) is 6.18 Å². The standard InChI is InChI=1S/C17H23ClF3N5O4S/c18-14-11-13(17(19,20)21)12-23-15(14)24-2-4-25(5-3-24)16(27)22-1-10-31(28,29)26-6-8-30-9-7-26/h11-12H,1-10H2,(H,22,27). The van der Waals surface area contributed by atoms with Gasteiger partial charge in [-0.15, -0.1) is 0 Å². The van der Waals surface area contributed by atoms with E-state index in [2.05, 4.69) is 10.3 Å². The third kappa shape index (κ3) is 6.11. The number of halogens is 4. The van der Waals surface area contributed by atoms with Gasteiger partial charge in [-0.2, -0.15) is 17.5 Å². The van der Waals surface area contributed by atoms with E-state index < -0.39 is 27.8 Å². The Kier molecular flexibility index (Phi) is 7.50. The van der Waals surface area contributed by atoms with Crippen LogP contribution in [0.3, 0.4) is 0 Å². The second-order valence-corrected chi connectivity index (χ2v) is 9.56. The third-order valence-corrected chi connectivity index (χ3v) is 7.17. The Morgan fingerprint density at radius 1 is 1.16 bits per heavy atom. The van der Waals surface area contributed by atoms with Gasteiger partial charge in [0.1, 0.15) is 5.82 Å². The van der Waals surface area contributed by atoms with Crippen LogP contribution >= 0.6 is 11.6 Å². The van der Waals surface area contributed by atoms with E-state index in [0.717, 1.165) is 12.3 Å². The number of piperazine rings is 1. The largest absolute Gasteiger partial charge is 0.417 e. The number of carbonyl (C=O) groups excluding carboxylic acids is 1. The maximum Gasteiger partial charge on any atom is 0.417 e. The van der Waals surface area contributed by atoms with E-state index in [1.54, 1.807) is 4.90 Å². The molecule has 2 fully saturated rings. The van der Waals surface area contributed by atoms with Gasteiger partial charge in [0.15, 0.2) is 0 Å². The molecule has 3 heterocycles. The Balaban J connectivity index is 1.46. The molecule has 1 aromatic rings. The van der Waals surface area contributed by atoms with Gasteiger partial charge >= 0.3 is 12.2 Å². The number of rotatable bonds is 5. The fourth-order valence-corrected chi connectivity index (χ4v) is 4.90. The first-order valence-electron chi connectivity index (χ1n) is 9.64. The number of carbonyl (C=O) groups is 1. The molecule has 1 N–H and O–H groups in total. The Morgan fingerprint density at radius 3 is 2.39 bits per heavy atom. The number of anilines is 1. The van der Waals surface area contributed by atoms with Gasteiger partial charge < -0.3 is 19.9 Å². The first-order valence-corrected chi connectivity index (χ1v) is 11.6. The normalized spacial score (nSPS) is 18.8. The molecule has 0 atom stereocenters. The van der Waals surface area contributed by atoms with Crippen LogP contribution in [-0.4, -0.2) is 93.4 Å². The lowest BCUT2D eigenvalue weighted by Crippen LogP contribution is -2.53. The molecule has 0 aromatic carbocycles. The number of aromatic nitrogens is 1. The number of nitrogens with zero attached hydrogens (tertiary/aromatic N) is 4. The van der Waals surface area contributed by atoms with Crippen LogP contribution < -0.4 is 10.2 Å². The van der Waals surface area contributed by atoms with Crippen LogP contribution in [-0.2, 0) is 20.9 Å². The fraction of sp³-hybridized carbons (Fsp3) is 0.647. The van der Waals surface area contributed by atoms with E-state index in [0.29, 0.717) is 52.5 Å². The number of nitrogens with one attached hydrogen (secondary N) is 1. The Labute approximate surface area is 183 Å². The highest BCUT2D eigenvalue weighted by Crippen LogP contribution is 2.33. The van der Waals surface area contributed by atoms with Crippen LogP contribution in [0.25, 0.3) is 0 Å². The Bertz CT molecular complexity index is 888. The predicted molar refractivity (Wildman–Crippen MR) is 108 cm³/mol. The highest BCUT2D eigenvalue weighted by molar-refractivity contribution is 7.89. The quantitative estimate of drug-likeness (QED) is 0.674. The molecule has 3 rings (SSSR count). The SMILES string of the molecule is O=C(NCCS(=O)(=O)N1CCOCC1)N1CCN(c2ncc(C(F)(F)F)cc2Cl)CC1. The first-order chi connectivity index (χ1) is 14.6. The number of alkyl halides is 3. The molecule has 0 bridgehead atoms. The van der Waals surface area contributed by atoms with E-state index in [1.165, 1.54) is 9.21 Å². The molecule has 0 aliphatic carbocycles. The van der Waals surface area contributed by atoms with Crippen LogP contribution in [0.15, 0.2) is 12.3 Å². The molecule has 9 nitrogen and oxygen atoms in total. The highest BCUT2D eigenvalue weighted by atomic mass is 35.5. The summed E-state index contributed by atoms with van der Waals surface area (Å²) in [5, 5.41) is 2.49. The molecule has 0 radical (unpaired) electrons. The molecule has 31 heavy (non-hydrogen) atoms. The van der Waals surface area contributed by atoms with Gasteiger partial charge in [-0.3, -0.25) is 0 Å². The summed E-state index contributed by atoms with van der Waals surface area (Å²) in [6, 6.07) is 0.432. The molecule has 0 spiro atoms. The lowest BCUT2D eigenvalue weighted by Gasteiger charge is -2.35. The van der Waals surface area contributed by atoms with Gasteiger partial charge in [-0.05, 0) is 6.07 Å². The number of urea groups is 1.